The molecule has 184 valence electrons. The van der Waals surface area contributed by atoms with Gasteiger partial charge in [0, 0.05) is 5.56 Å². The Morgan fingerprint density at radius 3 is 1.47 bits per heavy atom. The first-order valence-electron chi connectivity index (χ1n) is 13.5. The van der Waals surface area contributed by atoms with Gasteiger partial charge in [-0.15, -0.1) is 6.58 Å². The van der Waals surface area contributed by atoms with E-state index >= 15 is 0 Å². The molecule has 3 heteroatoms. The quantitative estimate of drug-likeness (QED) is 0.108. The molecule has 0 amide bonds. The molecule has 1 aromatic carbocycles. The molecule has 0 saturated heterocycles. The maximum absolute atomic E-state index is 9.64. The molecule has 0 radical (unpaired) electrons. The Hall–Kier alpha value is -1.16. The summed E-state index contributed by atoms with van der Waals surface area (Å²) in [5, 5.41) is 19.3. The summed E-state index contributed by atoms with van der Waals surface area (Å²) in [4.78, 5) is 0. The van der Waals surface area contributed by atoms with Crippen molar-refractivity contribution in [1.29, 1.82) is 0 Å². The molecule has 0 aromatic heterocycles. The molecule has 1 aromatic rings. The summed E-state index contributed by atoms with van der Waals surface area (Å²) in [6.45, 7) is 7.55. The molecule has 0 unspecified atom stereocenters. The van der Waals surface area contributed by atoms with Crippen molar-refractivity contribution in [2.24, 2.45) is 0 Å². The van der Waals surface area contributed by atoms with Crippen molar-refractivity contribution in [3.63, 3.8) is 0 Å². The highest BCUT2D eigenvalue weighted by molar-refractivity contribution is 5.13. The molecule has 2 N–H and O–H groups in total. The number of aliphatic hydroxyl groups excluding tert-OH is 2. The van der Waals surface area contributed by atoms with Crippen LogP contribution >= 0.6 is 0 Å². The number of unbranched alkanes of at least 4 members (excludes halogenated alkanes) is 14. The minimum Gasteiger partial charge on any atom is -0.391 e. The molecule has 0 saturated carbocycles. The molecule has 0 heterocycles. The fraction of sp³-hybridized carbons (Fsp3) is 0.724. The third-order valence-electron chi connectivity index (χ3n) is 6.80. The van der Waals surface area contributed by atoms with Gasteiger partial charge in [0.1, 0.15) is 19.6 Å². The molecule has 0 aliphatic carbocycles. The van der Waals surface area contributed by atoms with Crippen LogP contribution in [0.3, 0.4) is 0 Å². The molecule has 0 atom stereocenters. The van der Waals surface area contributed by atoms with E-state index in [2.05, 4.69) is 30.8 Å². The van der Waals surface area contributed by atoms with Crippen LogP contribution in [0.25, 0.3) is 0 Å². The van der Waals surface area contributed by atoms with Gasteiger partial charge in [0.05, 0.1) is 19.8 Å². The highest BCUT2D eigenvalue weighted by Gasteiger charge is 2.26. The molecule has 0 bridgehead atoms. The molecule has 32 heavy (non-hydrogen) atoms. The molecular formula is C29H52NO2+. The van der Waals surface area contributed by atoms with Crippen LogP contribution in [0.15, 0.2) is 43.0 Å². The van der Waals surface area contributed by atoms with Crippen LogP contribution in [0.4, 0.5) is 0 Å². The third kappa shape index (κ3) is 14.8. The molecule has 3 nitrogen and oxygen atoms in total. The van der Waals surface area contributed by atoms with Gasteiger partial charge in [-0.25, -0.2) is 0 Å². The Morgan fingerprint density at radius 1 is 0.594 bits per heavy atom. The SMILES string of the molecule is C=CCCCCCCCCCCCCCCCC[N+](CCO)(CCO)Cc1ccccc1. The predicted octanol–water partition coefficient (Wildman–Crippen LogP) is 7.03. The van der Waals surface area contributed by atoms with Crippen LogP contribution in [0, 0.1) is 0 Å². The van der Waals surface area contributed by atoms with Crippen molar-refractivity contribution in [1.82, 2.24) is 0 Å². The van der Waals surface area contributed by atoms with Gasteiger partial charge in [-0.3, -0.25) is 0 Å². The van der Waals surface area contributed by atoms with Gasteiger partial charge in [-0.05, 0) is 25.7 Å². The van der Waals surface area contributed by atoms with Crippen molar-refractivity contribution >= 4 is 0 Å². The second-order valence-electron chi connectivity index (χ2n) is 9.63. The zero-order valence-electron chi connectivity index (χ0n) is 20.9. The molecular weight excluding hydrogens is 394 g/mol. The second-order valence-corrected chi connectivity index (χ2v) is 9.63. The number of benzene rings is 1. The van der Waals surface area contributed by atoms with Crippen molar-refractivity contribution in [2.75, 3.05) is 32.8 Å². The third-order valence-corrected chi connectivity index (χ3v) is 6.80. The zero-order valence-corrected chi connectivity index (χ0v) is 20.9. The largest absolute Gasteiger partial charge is 0.391 e. The lowest BCUT2D eigenvalue weighted by molar-refractivity contribution is -0.941. The van der Waals surface area contributed by atoms with Crippen LogP contribution in [-0.4, -0.2) is 47.5 Å². The van der Waals surface area contributed by atoms with Crippen LogP contribution in [0.1, 0.15) is 102 Å². The van der Waals surface area contributed by atoms with E-state index in [4.69, 9.17) is 0 Å². The first-order chi connectivity index (χ1) is 15.8. The standard InChI is InChI=1S/C29H52NO2/c1-2-3-4-5-6-7-8-9-10-11-12-13-14-15-16-20-23-30(24-26-31,25-27-32)28-29-21-18-17-19-22-29/h2,17-19,21-22,31-32H,1,3-16,20,23-28H2/q+1. The number of aliphatic hydroxyl groups is 2. The smallest absolute Gasteiger partial charge is 0.104 e. The summed E-state index contributed by atoms with van der Waals surface area (Å²) in [7, 11) is 0. The summed E-state index contributed by atoms with van der Waals surface area (Å²) in [5.74, 6) is 0. The van der Waals surface area contributed by atoms with E-state index in [1.54, 1.807) is 0 Å². The van der Waals surface area contributed by atoms with E-state index in [0.717, 1.165) is 30.7 Å². The van der Waals surface area contributed by atoms with Gasteiger partial charge in [0.15, 0.2) is 0 Å². The molecule has 0 spiro atoms. The molecule has 0 aliphatic heterocycles. The molecule has 0 aliphatic rings. The monoisotopic (exact) mass is 446 g/mol. The number of quaternary nitrogens is 1. The highest BCUT2D eigenvalue weighted by atomic mass is 16.3. The topological polar surface area (TPSA) is 40.5 Å². The number of rotatable bonds is 23. The average molecular weight is 447 g/mol. The van der Waals surface area contributed by atoms with Crippen molar-refractivity contribution in [3.05, 3.63) is 48.6 Å². The minimum absolute atomic E-state index is 0.183. The number of nitrogens with zero attached hydrogens (tertiary/aromatic N) is 1. The summed E-state index contributed by atoms with van der Waals surface area (Å²) in [6, 6.07) is 10.5. The normalized spacial score (nSPS) is 11.7. The summed E-state index contributed by atoms with van der Waals surface area (Å²) < 4.78 is 0.797. The van der Waals surface area contributed by atoms with Gasteiger partial charge in [-0.2, -0.15) is 0 Å². The van der Waals surface area contributed by atoms with E-state index in [1.165, 1.54) is 102 Å². The van der Waals surface area contributed by atoms with E-state index in [9.17, 15) is 10.2 Å². The van der Waals surface area contributed by atoms with E-state index < -0.39 is 0 Å². The van der Waals surface area contributed by atoms with Gasteiger partial charge in [0.2, 0.25) is 0 Å². The zero-order chi connectivity index (χ0) is 23.2. The van der Waals surface area contributed by atoms with Crippen molar-refractivity contribution in [2.45, 2.75) is 103 Å². The average Bonchev–Trinajstić information content (AvgIpc) is 2.80. The lowest BCUT2D eigenvalue weighted by Crippen LogP contribution is -2.51. The fourth-order valence-electron chi connectivity index (χ4n) is 4.82. The maximum atomic E-state index is 9.64. The Balaban J connectivity index is 2.07. The Morgan fingerprint density at radius 2 is 1.03 bits per heavy atom. The van der Waals surface area contributed by atoms with Gasteiger partial charge >= 0.3 is 0 Å². The first-order valence-corrected chi connectivity index (χ1v) is 13.5. The minimum atomic E-state index is 0.183. The van der Waals surface area contributed by atoms with Gasteiger partial charge in [0.25, 0.3) is 0 Å². The lowest BCUT2D eigenvalue weighted by atomic mass is 10.0. The maximum Gasteiger partial charge on any atom is 0.104 e. The Bertz CT molecular complexity index is 525. The highest BCUT2D eigenvalue weighted by Crippen LogP contribution is 2.18. The van der Waals surface area contributed by atoms with Crippen LogP contribution in [-0.2, 0) is 6.54 Å². The molecule has 0 fully saturated rings. The number of allylic oxidation sites excluding steroid dienone is 1. The van der Waals surface area contributed by atoms with Crippen LogP contribution < -0.4 is 0 Å². The summed E-state index contributed by atoms with van der Waals surface area (Å²) in [5.41, 5.74) is 1.29. The van der Waals surface area contributed by atoms with E-state index in [1.807, 2.05) is 12.1 Å². The van der Waals surface area contributed by atoms with Gasteiger partial charge < -0.3 is 14.7 Å². The number of hydrogen-bond donors (Lipinski definition) is 2. The fourth-order valence-corrected chi connectivity index (χ4v) is 4.82. The summed E-state index contributed by atoms with van der Waals surface area (Å²) >= 11 is 0. The van der Waals surface area contributed by atoms with Gasteiger partial charge in [-0.1, -0.05) is 107 Å². The molecule has 1 rings (SSSR count). The first kappa shape index (κ1) is 28.9. The predicted molar refractivity (Wildman–Crippen MR) is 139 cm³/mol. The van der Waals surface area contributed by atoms with Crippen LogP contribution in [0.2, 0.25) is 0 Å². The van der Waals surface area contributed by atoms with E-state index in [-0.39, 0.29) is 13.2 Å². The second kappa shape index (κ2) is 20.4. The lowest BCUT2D eigenvalue weighted by Gasteiger charge is -2.38. The Kier molecular flexibility index (Phi) is 18.4. The van der Waals surface area contributed by atoms with Crippen molar-refractivity contribution < 1.29 is 14.7 Å². The van der Waals surface area contributed by atoms with Crippen molar-refractivity contribution in [3.8, 4) is 0 Å². The van der Waals surface area contributed by atoms with Crippen LogP contribution in [0.5, 0.6) is 0 Å². The summed E-state index contributed by atoms with van der Waals surface area (Å²) in [6.07, 6.45) is 22.2. The Labute approximate surface area is 199 Å². The van der Waals surface area contributed by atoms with E-state index in [0.29, 0.717) is 0 Å². The number of hydrogen-bond acceptors (Lipinski definition) is 2.